The van der Waals surface area contributed by atoms with Crippen molar-refractivity contribution in [2.24, 2.45) is 0 Å². The third-order valence-corrected chi connectivity index (χ3v) is 2.92. The number of hydrogen-bond donors (Lipinski definition) is 1. The van der Waals surface area contributed by atoms with Crippen LogP contribution in [0.15, 0.2) is 11.1 Å². The van der Waals surface area contributed by atoms with Gasteiger partial charge in [-0.3, -0.25) is 0 Å². The molecule has 0 aliphatic carbocycles. The maximum absolute atomic E-state index is 10.9. The predicted molar refractivity (Wildman–Crippen MR) is 40.2 cm³/mol. The van der Waals surface area contributed by atoms with E-state index in [4.69, 9.17) is 0 Å². The molecule has 1 rings (SSSR count). The van der Waals surface area contributed by atoms with Gasteiger partial charge in [0.05, 0.1) is 5.75 Å². The molecule has 58 valence electrons. The Morgan fingerprint density at radius 2 is 2.30 bits per heavy atom. The average Bonchev–Trinajstić information content (AvgIpc) is 1.80. The molecule has 0 atom stereocenters. The highest BCUT2D eigenvalue weighted by Gasteiger charge is 2.11. The fourth-order valence-corrected chi connectivity index (χ4v) is 1.47. The van der Waals surface area contributed by atoms with Crippen molar-refractivity contribution >= 4 is 9.84 Å². The van der Waals surface area contributed by atoms with E-state index in [-0.39, 0.29) is 5.75 Å². The van der Waals surface area contributed by atoms with Gasteiger partial charge in [-0.05, 0) is 0 Å². The van der Waals surface area contributed by atoms with Crippen LogP contribution in [0.25, 0.3) is 0 Å². The summed E-state index contributed by atoms with van der Waals surface area (Å²) in [5.74, 6) is 0.193. The molecule has 4 heteroatoms. The first-order valence-corrected chi connectivity index (χ1v) is 5.03. The lowest BCUT2D eigenvalue weighted by molar-refractivity contribution is 0.599. The van der Waals surface area contributed by atoms with E-state index in [1.165, 1.54) is 5.41 Å². The van der Waals surface area contributed by atoms with Gasteiger partial charge in [-0.2, -0.15) is 0 Å². The molecule has 0 aromatic heterocycles. The first-order chi connectivity index (χ1) is 4.64. The summed E-state index contributed by atoms with van der Waals surface area (Å²) in [6, 6.07) is 0. The molecule has 1 aliphatic rings. The lowest BCUT2D eigenvalue weighted by Crippen LogP contribution is -2.28. The number of rotatable bonds is 2. The molecule has 1 heterocycles. The van der Waals surface area contributed by atoms with Crippen LogP contribution in [0.2, 0.25) is 0 Å². The zero-order valence-corrected chi connectivity index (χ0v) is 6.74. The fraction of sp³-hybridized carbons (Fsp3) is 0.667. The van der Waals surface area contributed by atoms with Gasteiger partial charge in [0.2, 0.25) is 0 Å². The summed E-state index contributed by atoms with van der Waals surface area (Å²) < 4.78 is 21.8. The van der Waals surface area contributed by atoms with Crippen LogP contribution in [0.1, 0.15) is 13.3 Å². The van der Waals surface area contributed by atoms with Crippen LogP contribution in [0.5, 0.6) is 0 Å². The summed E-state index contributed by atoms with van der Waals surface area (Å²) in [5.41, 5.74) is 0.849. The molecule has 0 aromatic carbocycles. The molecule has 1 saturated heterocycles. The molecular weight excluding hydrogens is 150 g/mol. The molecule has 1 N–H and O–H groups in total. The third kappa shape index (κ3) is 1.73. The van der Waals surface area contributed by atoms with E-state index >= 15 is 0 Å². The lowest BCUT2D eigenvalue weighted by atomic mass is 10.2. The average molecular weight is 161 g/mol. The highest BCUT2D eigenvalue weighted by atomic mass is 32.2. The maximum Gasteiger partial charge on any atom is 0.173 e. The van der Waals surface area contributed by atoms with Gasteiger partial charge < -0.3 is 5.32 Å². The van der Waals surface area contributed by atoms with Crippen LogP contribution in [-0.2, 0) is 9.84 Å². The van der Waals surface area contributed by atoms with Gasteiger partial charge in [0, 0.05) is 24.1 Å². The molecule has 0 radical (unpaired) electrons. The summed E-state index contributed by atoms with van der Waals surface area (Å²) in [7, 11) is -2.90. The highest BCUT2D eigenvalue weighted by molar-refractivity contribution is 7.94. The molecule has 0 aromatic rings. The van der Waals surface area contributed by atoms with Crippen molar-refractivity contribution in [2.45, 2.75) is 13.3 Å². The van der Waals surface area contributed by atoms with E-state index in [0.29, 0.717) is 0 Å². The smallest absolute Gasteiger partial charge is 0.173 e. The van der Waals surface area contributed by atoms with E-state index < -0.39 is 9.84 Å². The molecule has 0 spiro atoms. The summed E-state index contributed by atoms with van der Waals surface area (Å²) in [6.07, 6.45) is 0.874. The summed E-state index contributed by atoms with van der Waals surface area (Å²) >= 11 is 0. The van der Waals surface area contributed by atoms with Crippen molar-refractivity contribution < 1.29 is 8.42 Å². The second-order valence-corrected chi connectivity index (χ2v) is 4.41. The van der Waals surface area contributed by atoms with Crippen molar-refractivity contribution in [1.29, 1.82) is 0 Å². The Balaban J connectivity index is 2.67. The topological polar surface area (TPSA) is 46.2 Å². The number of hydrogen-bond acceptors (Lipinski definition) is 3. The molecule has 10 heavy (non-hydrogen) atoms. The lowest BCUT2D eigenvalue weighted by Gasteiger charge is -2.19. The Morgan fingerprint density at radius 3 is 2.60 bits per heavy atom. The van der Waals surface area contributed by atoms with Crippen molar-refractivity contribution in [2.75, 3.05) is 12.3 Å². The zero-order valence-electron chi connectivity index (χ0n) is 5.92. The molecule has 0 saturated carbocycles. The standard InChI is InChI=1S/C6H11NO2S/c1-2-10(8,9)5-6-3-4-7-6/h5,7H,2-4H2,1H3. The minimum Gasteiger partial charge on any atom is -0.387 e. The number of sulfone groups is 1. The van der Waals surface area contributed by atoms with Crippen LogP contribution in [0.4, 0.5) is 0 Å². The van der Waals surface area contributed by atoms with Crippen molar-refractivity contribution in [3.8, 4) is 0 Å². The van der Waals surface area contributed by atoms with Gasteiger partial charge in [-0.1, -0.05) is 6.92 Å². The molecule has 0 bridgehead atoms. The first-order valence-electron chi connectivity index (χ1n) is 3.31. The minimum absolute atomic E-state index is 0.193. The summed E-state index contributed by atoms with van der Waals surface area (Å²) in [4.78, 5) is 0. The third-order valence-electron chi connectivity index (χ3n) is 1.47. The van der Waals surface area contributed by atoms with E-state index in [9.17, 15) is 8.42 Å². The van der Waals surface area contributed by atoms with E-state index in [1.807, 2.05) is 0 Å². The van der Waals surface area contributed by atoms with Gasteiger partial charge in [0.25, 0.3) is 0 Å². The quantitative estimate of drug-likeness (QED) is 0.631. The largest absolute Gasteiger partial charge is 0.387 e. The SMILES string of the molecule is CCS(=O)(=O)C=C1CCN1. The highest BCUT2D eigenvalue weighted by Crippen LogP contribution is 2.08. The zero-order chi connectivity index (χ0) is 7.61. The van der Waals surface area contributed by atoms with Crippen molar-refractivity contribution in [3.05, 3.63) is 11.1 Å². The minimum atomic E-state index is -2.90. The van der Waals surface area contributed by atoms with E-state index in [1.54, 1.807) is 6.92 Å². The molecule has 3 nitrogen and oxygen atoms in total. The van der Waals surface area contributed by atoms with E-state index in [2.05, 4.69) is 5.32 Å². The predicted octanol–water partition coefficient (Wildman–Crippen LogP) is 0.256. The van der Waals surface area contributed by atoms with Crippen LogP contribution in [0, 0.1) is 0 Å². The molecule has 0 amide bonds. The van der Waals surface area contributed by atoms with E-state index in [0.717, 1.165) is 18.7 Å². The van der Waals surface area contributed by atoms with Crippen molar-refractivity contribution in [3.63, 3.8) is 0 Å². The van der Waals surface area contributed by atoms with Gasteiger partial charge in [-0.25, -0.2) is 8.42 Å². The van der Waals surface area contributed by atoms with Gasteiger partial charge in [0.15, 0.2) is 9.84 Å². The molecule has 1 aliphatic heterocycles. The summed E-state index contributed by atoms with van der Waals surface area (Å²) in [6.45, 7) is 2.55. The first kappa shape index (κ1) is 7.60. The fourth-order valence-electron chi connectivity index (χ4n) is 0.670. The van der Waals surface area contributed by atoms with Gasteiger partial charge in [-0.15, -0.1) is 0 Å². The Labute approximate surface area is 61.0 Å². The summed E-state index contributed by atoms with van der Waals surface area (Å²) in [5, 5.41) is 4.25. The van der Waals surface area contributed by atoms with Crippen molar-refractivity contribution in [1.82, 2.24) is 5.32 Å². The van der Waals surface area contributed by atoms with Crippen LogP contribution in [0.3, 0.4) is 0 Å². The maximum atomic E-state index is 10.9. The molecule has 0 unspecified atom stereocenters. The second-order valence-electron chi connectivity index (χ2n) is 2.27. The van der Waals surface area contributed by atoms with Gasteiger partial charge >= 0.3 is 0 Å². The van der Waals surface area contributed by atoms with Crippen LogP contribution >= 0.6 is 0 Å². The Kier molecular flexibility index (Phi) is 1.99. The normalized spacial score (nSPS) is 21.9. The molecular formula is C6H11NO2S. The Hall–Kier alpha value is -0.510. The van der Waals surface area contributed by atoms with Crippen LogP contribution < -0.4 is 5.32 Å². The second kappa shape index (κ2) is 2.62. The van der Waals surface area contributed by atoms with Gasteiger partial charge in [0.1, 0.15) is 0 Å². The monoisotopic (exact) mass is 161 g/mol. The van der Waals surface area contributed by atoms with Crippen LogP contribution in [-0.4, -0.2) is 20.7 Å². The Bertz CT molecular complexity index is 234. The number of nitrogens with one attached hydrogen (secondary N) is 1. The molecule has 1 fully saturated rings. The Morgan fingerprint density at radius 1 is 1.70 bits per heavy atom.